The van der Waals surface area contributed by atoms with Gasteiger partial charge in [0.15, 0.2) is 0 Å². The second-order valence-corrected chi connectivity index (χ2v) is 9.21. The molecule has 3 aliphatic heterocycles. The Hall–Kier alpha value is -2.80. The third-order valence-electron chi connectivity index (χ3n) is 6.87. The Labute approximate surface area is 188 Å². The van der Waals surface area contributed by atoms with Gasteiger partial charge in [0.2, 0.25) is 11.2 Å². The maximum atomic E-state index is 12.5. The summed E-state index contributed by atoms with van der Waals surface area (Å²) in [7, 11) is 0. The summed E-state index contributed by atoms with van der Waals surface area (Å²) < 4.78 is 11.5. The van der Waals surface area contributed by atoms with Gasteiger partial charge in [-0.3, -0.25) is 9.69 Å². The SMILES string of the molecule is O=C(N1CCCC1)N1CCC(COc2coc(CN3Cc4ccccc4C3)cc2=O)CC1. The van der Waals surface area contributed by atoms with E-state index in [1.807, 2.05) is 9.80 Å². The fourth-order valence-electron chi connectivity index (χ4n) is 4.97. The number of nitrogens with zero attached hydrogens (tertiary/aromatic N) is 3. The quantitative estimate of drug-likeness (QED) is 0.717. The van der Waals surface area contributed by atoms with Crippen LogP contribution in [-0.4, -0.2) is 53.5 Å². The summed E-state index contributed by atoms with van der Waals surface area (Å²) in [6.45, 7) is 6.13. The van der Waals surface area contributed by atoms with Crippen LogP contribution < -0.4 is 10.2 Å². The molecule has 170 valence electrons. The van der Waals surface area contributed by atoms with Gasteiger partial charge in [-0.25, -0.2) is 4.79 Å². The van der Waals surface area contributed by atoms with Gasteiger partial charge in [-0.1, -0.05) is 24.3 Å². The molecule has 5 rings (SSSR count). The summed E-state index contributed by atoms with van der Waals surface area (Å²) in [6.07, 6.45) is 5.48. The summed E-state index contributed by atoms with van der Waals surface area (Å²) in [4.78, 5) is 31.2. The van der Waals surface area contributed by atoms with E-state index in [9.17, 15) is 9.59 Å². The Morgan fingerprint density at radius 1 is 1.00 bits per heavy atom. The fourth-order valence-corrected chi connectivity index (χ4v) is 4.97. The molecule has 1 aromatic heterocycles. The standard InChI is InChI=1S/C25H31N3O4/c29-23-13-22(16-26-14-20-5-1-2-6-21(20)15-26)31-18-24(23)32-17-19-7-11-28(12-8-19)25(30)27-9-3-4-10-27/h1-2,5-6,13,18-19H,3-4,7-12,14-17H2. The Morgan fingerprint density at radius 3 is 2.31 bits per heavy atom. The van der Waals surface area contributed by atoms with Crippen molar-refractivity contribution in [2.75, 3.05) is 32.8 Å². The van der Waals surface area contributed by atoms with Gasteiger partial charge in [0.25, 0.3) is 0 Å². The molecule has 0 unspecified atom stereocenters. The van der Waals surface area contributed by atoms with Gasteiger partial charge in [-0.2, -0.15) is 0 Å². The van der Waals surface area contributed by atoms with E-state index in [0.29, 0.717) is 24.8 Å². The predicted octanol–water partition coefficient (Wildman–Crippen LogP) is 3.46. The minimum Gasteiger partial charge on any atom is -0.486 e. The number of rotatable bonds is 5. The molecule has 2 amide bonds. The number of likely N-dealkylation sites (tertiary alicyclic amines) is 2. The summed E-state index contributed by atoms with van der Waals surface area (Å²) in [5, 5.41) is 0. The van der Waals surface area contributed by atoms with Crippen molar-refractivity contribution in [1.82, 2.24) is 14.7 Å². The lowest BCUT2D eigenvalue weighted by Gasteiger charge is -2.34. The molecule has 32 heavy (non-hydrogen) atoms. The molecule has 2 saturated heterocycles. The maximum absolute atomic E-state index is 12.5. The molecular formula is C25H31N3O4. The predicted molar refractivity (Wildman–Crippen MR) is 120 cm³/mol. The summed E-state index contributed by atoms with van der Waals surface area (Å²) in [5.41, 5.74) is 2.54. The second-order valence-electron chi connectivity index (χ2n) is 9.21. The number of ether oxygens (including phenoxy) is 1. The molecule has 2 fully saturated rings. The van der Waals surface area contributed by atoms with Crippen molar-refractivity contribution in [3.8, 4) is 5.75 Å². The number of hydrogen-bond donors (Lipinski definition) is 0. The van der Waals surface area contributed by atoms with Crippen molar-refractivity contribution in [1.29, 1.82) is 0 Å². The number of benzene rings is 1. The van der Waals surface area contributed by atoms with E-state index in [0.717, 1.165) is 65.0 Å². The Balaban J connectivity index is 1.09. The zero-order valence-electron chi connectivity index (χ0n) is 18.5. The van der Waals surface area contributed by atoms with Crippen molar-refractivity contribution in [3.63, 3.8) is 0 Å². The van der Waals surface area contributed by atoms with Crippen LogP contribution in [0.3, 0.4) is 0 Å². The number of amides is 2. The average molecular weight is 438 g/mol. The minimum absolute atomic E-state index is 0.135. The number of carbonyl (C=O) groups excluding carboxylic acids is 1. The molecule has 2 aromatic rings. The van der Waals surface area contributed by atoms with E-state index in [2.05, 4.69) is 29.2 Å². The molecule has 0 radical (unpaired) electrons. The molecule has 0 spiro atoms. The van der Waals surface area contributed by atoms with Crippen LogP contribution in [0, 0.1) is 5.92 Å². The first kappa shape index (κ1) is 21.1. The lowest BCUT2D eigenvalue weighted by molar-refractivity contribution is 0.123. The van der Waals surface area contributed by atoms with Crippen LogP contribution in [0.15, 0.2) is 45.8 Å². The minimum atomic E-state index is -0.135. The highest BCUT2D eigenvalue weighted by atomic mass is 16.5. The highest BCUT2D eigenvalue weighted by Gasteiger charge is 2.28. The van der Waals surface area contributed by atoms with Gasteiger partial charge in [0, 0.05) is 45.3 Å². The number of piperidine rings is 1. The van der Waals surface area contributed by atoms with Crippen molar-refractivity contribution >= 4 is 6.03 Å². The molecule has 7 nitrogen and oxygen atoms in total. The Morgan fingerprint density at radius 2 is 1.66 bits per heavy atom. The normalized spacial score (nSPS) is 19.4. The van der Waals surface area contributed by atoms with E-state index < -0.39 is 0 Å². The number of urea groups is 1. The van der Waals surface area contributed by atoms with E-state index >= 15 is 0 Å². The van der Waals surface area contributed by atoms with Gasteiger partial charge >= 0.3 is 6.03 Å². The van der Waals surface area contributed by atoms with Gasteiger partial charge in [-0.05, 0) is 42.7 Å². The van der Waals surface area contributed by atoms with Crippen molar-refractivity contribution in [2.24, 2.45) is 5.92 Å². The number of fused-ring (bicyclic) bond motifs is 1. The first-order valence-electron chi connectivity index (χ1n) is 11.7. The zero-order valence-corrected chi connectivity index (χ0v) is 18.5. The monoisotopic (exact) mass is 437 g/mol. The number of hydrogen-bond acceptors (Lipinski definition) is 5. The lowest BCUT2D eigenvalue weighted by Crippen LogP contribution is -2.46. The smallest absolute Gasteiger partial charge is 0.319 e. The zero-order chi connectivity index (χ0) is 21.9. The maximum Gasteiger partial charge on any atom is 0.319 e. The molecule has 7 heteroatoms. The molecular weight excluding hydrogens is 406 g/mol. The van der Waals surface area contributed by atoms with Crippen LogP contribution in [0.5, 0.6) is 5.75 Å². The van der Waals surface area contributed by atoms with Crippen molar-refractivity contribution < 1.29 is 13.9 Å². The third kappa shape index (κ3) is 4.67. The second kappa shape index (κ2) is 9.36. The molecule has 0 bridgehead atoms. The highest BCUT2D eigenvalue weighted by molar-refractivity contribution is 5.74. The summed E-state index contributed by atoms with van der Waals surface area (Å²) >= 11 is 0. The molecule has 3 aliphatic rings. The van der Waals surface area contributed by atoms with Crippen LogP contribution in [0.1, 0.15) is 42.6 Å². The molecule has 0 aliphatic carbocycles. The van der Waals surface area contributed by atoms with Gasteiger partial charge in [0.05, 0.1) is 13.2 Å². The lowest BCUT2D eigenvalue weighted by atomic mass is 9.98. The van der Waals surface area contributed by atoms with E-state index in [1.165, 1.54) is 17.4 Å². The van der Waals surface area contributed by atoms with E-state index in [4.69, 9.17) is 9.15 Å². The largest absolute Gasteiger partial charge is 0.486 e. The Kier molecular flexibility index (Phi) is 6.17. The van der Waals surface area contributed by atoms with Crippen LogP contribution in [0.4, 0.5) is 4.79 Å². The van der Waals surface area contributed by atoms with Crippen LogP contribution in [-0.2, 0) is 19.6 Å². The molecule has 0 N–H and O–H groups in total. The molecule has 1 aromatic carbocycles. The fraction of sp³-hybridized carbons (Fsp3) is 0.520. The van der Waals surface area contributed by atoms with E-state index in [1.54, 1.807) is 6.07 Å². The molecule has 0 atom stereocenters. The van der Waals surface area contributed by atoms with Gasteiger partial charge < -0.3 is 19.0 Å². The van der Waals surface area contributed by atoms with Gasteiger partial charge in [0.1, 0.15) is 12.0 Å². The average Bonchev–Trinajstić information content (AvgIpc) is 3.48. The molecule has 0 saturated carbocycles. The first-order valence-corrected chi connectivity index (χ1v) is 11.7. The van der Waals surface area contributed by atoms with Crippen molar-refractivity contribution in [3.05, 3.63) is 63.7 Å². The third-order valence-corrected chi connectivity index (χ3v) is 6.87. The highest BCUT2D eigenvalue weighted by Crippen LogP contribution is 2.24. The van der Waals surface area contributed by atoms with Crippen LogP contribution >= 0.6 is 0 Å². The molecule has 4 heterocycles. The van der Waals surface area contributed by atoms with Crippen LogP contribution in [0.2, 0.25) is 0 Å². The summed E-state index contributed by atoms with van der Waals surface area (Å²) in [5.74, 6) is 1.28. The number of carbonyl (C=O) groups is 1. The Bertz CT molecular complexity index is 981. The van der Waals surface area contributed by atoms with Crippen molar-refractivity contribution in [2.45, 2.75) is 45.3 Å². The van der Waals surface area contributed by atoms with Crippen LogP contribution in [0.25, 0.3) is 0 Å². The summed E-state index contributed by atoms with van der Waals surface area (Å²) in [6, 6.07) is 10.1. The first-order chi connectivity index (χ1) is 15.7. The van der Waals surface area contributed by atoms with Gasteiger partial charge in [-0.15, -0.1) is 0 Å². The topological polar surface area (TPSA) is 66.2 Å². The van der Waals surface area contributed by atoms with E-state index in [-0.39, 0.29) is 17.2 Å².